The van der Waals surface area contributed by atoms with Crippen molar-refractivity contribution in [2.75, 3.05) is 0 Å². The highest BCUT2D eigenvalue weighted by Gasteiger charge is 2.11. The van der Waals surface area contributed by atoms with E-state index < -0.39 is 0 Å². The van der Waals surface area contributed by atoms with Crippen LogP contribution in [0.5, 0.6) is 0 Å². The van der Waals surface area contributed by atoms with E-state index in [2.05, 4.69) is 133 Å². The van der Waals surface area contributed by atoms with Gasteiger partial charge in [-0.15, -0.1) is 0 Å². The largest absolute Gasteiger partial charge is 0.456 e. The van der Waals surface area contributed by atoms with Crippen LogP contribution in [0.15, 0.2) is 150 Å². The maximum absolute atomic E-state index is 6.00. The molecule has 2 nitrogen and oxygen atoms in total. The van der Waals surface area contributed by atoms with Crippen LogP contribution in [-0.2, 0) is 0 Å². The monoisotopic (exact) mass is 722 g/mol. The zero-order valence-corrected chi connectivity index (χ0v) is 26.3. The molecule has 0 amide bonds. The first kappa shape index (κ1) is 26.3. The lowest BCUT2D eigenvalue weighted by Gasteiger charge is -2.00. The minimum atomic E-state index is 0.894. The highest BCUT2D eigenvalue weighted by Crippen LogP contribution is 2.37. The summed E-state index contributed by atoms with van der Waals surface area (Å²) < 4.78 is 15.0. The van der Waals surface area contributed by atoms with Crippen molar-refractivity contribution in [1.29, 1.82) is 0 Å². The van der Waals surface area contributed by atoms with Crippen LogP contribution >= 0.6 is 47.8 Å². The van der Waals surface area contributed by atoms with Gasteiger partial charge in [0, 0.05) is 35.0 Å². The standard InChI is InChI=1S/C18H10Br2O.C18H11BrO/c19-15-9-14-13-7-6-12(11-4-2-1-3-5-11)8-17(13)21-18(14)10-16(15)20;19-14-7-9-16-15-8-6-13(12-4-2-1-3-5-12)10-17(15)20-18(16)11-14/h1-10H;1-11H. The van der Waals surface area contributed by atoms with Crippen molar-refractivity contribution in [3.63, 3.8) is 0 Å². The molecule has 0 N–H and O–H groups in total. The summed E-state index contributed by atoms with van der Waals surface area (Å²) in [4.78, 5) is 0. The van der Waals surface area contributed by atoms with E-state index in [-0.39, 0.29) is 0 Å². The number of hydrogen-bond acceptors (Lipinski definition) is 2. The molecule has 0 bridgehead atoms. The molecule has 2 aromatic heterocycles. The Bertz CT molecular complexity index is 2180. The van der Waals surface area contributed by atoms with Gasteiger partial charge in [-0.05, 0) is 109 Å². The van der Waals surface area contributed by atoms with Crippen LogP contribution in [0.25, 0.3) is 66.1 Å². The summed E-state index contributed by atoms with van der Waals surface area (Å²) in [5.74, 6) is 0. The van der Waals surface area contributed by atoms with E-state index >= 15 is 0 Å². The Morgan fingerprint density at radius 2 is 0.780 bits per heavy atom. The molecular weight excluding hydrogens is 704 g/mol. The van der Waals surface area contributed by atoms with Crippen LogP contribution in [0.4, 0.5) is 0 Å². The molecule has 0 aliphatic rings. The Hall–Kier alpha value is -3.64. The Kier molecular flexibility index (Phi) is 7.03. The zero-order chi connectivity index (χ0) is 27.9. The number of benzene rings is 6. The third-order valence-corrected chi connectivity index (χ3v) is 9.50. The average molecular weight is 725 g/mol. The number of hydrogen-bond donors (Lipinski definition) is 0. The number of rotatable bonds is 2. The quantitative estimate of drug-likeness (QED) is 0.177. The lowest BCUT2D eigenvalue weighted by molar-refractivity contribution is 0.668. The second-order valence-electron chi connectivity index (χ2n) is 9.76. The second-order valence-corrected chi connectivity index (χ2v) is 12.4. The first-order valence-electron chi connectivity index (χ1n) is 13.1. The molecule has 0 radical (unpaired) electrons. The summed E-state index contributed by atoms with van der Waals surface area (Å²) >= 11 is 10.5. The van der Waals surface area contributed by atoms with E-state index in [1.54, 1.807) is 0 Å². The van der Waals surface area contributed by atoms with Crippen LogP contribution in [0.1, 0.15) is 0 Å². The first-order valence-corrected chi connectivity index (χ1v) is 15.5. The summed E-state index contributed by atoms with van der Waals surface area (Å²) in [6, 6.07) is 43.7. The smallest absolute Gasteiger partial charge is 0.136 e. The van der Waals surface area contributed by atoms with Crippen LogP contribution in [0.3, 0.4) is 0 Å². The molecule has 0 unspecified atom stereocenters. The third kappa shape index (κ3) is 5.14. The molecule has 6 aromatic carbocycles. The van der Waals surface area contributed by atoms with Crippen LogP contribution in [-0.4, -0.2) is 0 Å². The zero-order valence-electron chi connectivity index (χ0n) is 21.6. The van der Waals surface area contributed by atoms with Crippen molar-refractivity contribution in [1.82, 2.24) is 0 Å². The summed E-state index contributed by atoms with van der Waals surface area (Å²) in [5.41, 5.74) is 8.40. The van der Waals surface area contributed by atoms with Gasteiger partial charge in [0.2, 0.25) is 0 Å². The Morgan fingerprint density at radius 3 is 1.34 bits per heavy atom. The maximum Gasteiger partial charge on any atom is 0.136 e. The van der Waals surface area contributed by atoms with Gasteiger partial charge in [-0.25, -0.2) is 0 Å². The Morgan fingerprint density at radius 1 is 0.341 bits per heavy atom. The number of furan rings is 2. The highest BCUT2D eigenvalue weighted by atomic mass is 79.9. The Balaban J connectivity index is 0.000000135. The van der Waals surface area contributed by atoms with Crippen molar-refractivity contribution in [3.05, 3.63) is 141 Å². The maximum atomic E-state index is 6.00. The van der Waals surface area contributed by atoms with Crippen molar-refractivity contribution in [2.24, 2.45) is 0 Å². The van der Waals surface area contributed by atoms with Crippen LogP contribution < -0.4 is 0 Å². The molecule has 0 atom stereocenters. The fourth-order valence-corrected chi connectivity index (χ4v) is 6.15. The average Bonchev–Trinajstić information content (AvgIpc) is 3.54. The predicted octanol–water partition coefficient (Wildman–Crippen LogP) is 12.8. The molecule has 2 heterocycles. The summed E-state index contributed by atoms with van der Waals surface area (Å²) in [7, 11) is 0. The molecule has 8 rings (SSSR count). The Labute approximate surface area is 262 Å². The third-order valence-electron chi connectivity index (χ3n) is 7.16. The van der Waals surface area contributed by atoms with Gasteiger partial charge in [0.05, 0.1) is 0 Å². The van der Waals surface area contributed by atoms with Crippen molar-refractivity contribution < 1.29 is 8.83 Å². The lowest BCUT2D eigenvalue weighted by Crippen LogP contribution is -1.76. The van der Waals surface area contributed by atoms with Crippen molar-refractivity contribution in [3.8, 4) is 22.3 Å². The molecule has 198 valence electrons. The van der Waals surface area contributed by atoms with Gasteiger partial charge in [-0.1, -0.05) is 88.7 Å². The molecule has 0 spiro atoms. The molecule has 5 heteroatoms. The summed E-state index contributed by atoms with van der Waals surface area (Å²) in [6.45, 7) is 0. The van der Waals surface area contributed by atoms with Gasteiger partial charge in [-0.2, -0.15) is 0 Å². The van der Waals surface area contributed by atoms with E-state index in [0.717, 1.165) is 57.3 Å². The molecule has 0 saturated carbocycles. The SMILES string of the molecule is Brc1cc2oc3cc(-c4ccccc4)ccc3c2cc1Br.Brc1ccc2c(c1)oc1cc(-c3ccccc3)ccc12. The highest BCUT2D eigenvalue weighted by molar-refractivity contribution is 9.13. The topological polar surface area (TPSA) is 26.3 Å². The van der Waals surface area contributed by atoms with E-state index in [4.69, 9.17) is 8.83 Å². The van der Waals surface area contributed by atoms with Gasteiger partial charge in [0.15, 0.2) is 0 Å². The van der Waals surface area contributed by atoms with Crippen LogP contribution in [0.2, 0.25) is 0 Å². The minimum Gasteiger partial charge on any atom is -0.456 e. The van der Waals surface area contributed by atoms with E-state index in [1.807, 2.05) is 42.5 Å². The minimum absolute atomic E-state index is 0.894. The van der Waals surface area contributed by atoms with E-state index in [1.165, 1.54) is 22.3 Å². The molecule has 0 aliphatic carbocycles. The van der Waals surface area contributed by atoms with E-state index in [0.29, 0.717) is 0 Å². The second kappa shape index (κ2) is 11.0. The fraction of sp³-hybridized carbons (Fsp3) is 0. The molecular formula is C36H21Br3O2. The molecule has 0 saturated heterocycles. The predicted molar refractivity (Wildman–Crippen MR) is 181 cm³/mol. The normalized spacial score (nSPS) is 11.3. The molecule has 41 heavy (non-hydrogen) atoms. The van der Waals surface area contributed by atoms with Crippen LogP contribution in [0, 0.1) is 0 Å². The van der Waals surface area contributed by atoms with Gasteiger partial charge >= 0.3 is 0 Å². The fourth-order valence-electron chi connectivity index (χ4n) is 5.14. The first-order chi connectivity index (χ1) is 20.0. The lowest BCUT2D eigenvalue weighted by atomic mass is 10.0. The molecule has 0 aliphatic heterocycles. The summed E-state index contributed by atoms with van der Waals surface area (Å²) in [5, 5.41) is 4.58. The van der Waals surface area contributed by atoms with E-state index in [9.17, 15) is 0 Å². The van der Waals surface area contributed by atoms with Crippen molar-refractivity contribution >= 4 is 91.7 Å². The van der Waals surface area contributed by atoms with Gasteiger partial charge in [-0.3, -0.25) is 0 Å². The van der Waals surface area contributed by atoms with Gasteiger partial charge in [0.1, 0.15) is 22.3 Å². The molecule has 8 aromatic rings. The van der Waals surface area contributed by atoms with Gasteiger partial charge < -0.3 is 8.83 Å². The number of halogens is 3. The molecule has 0 fully saturated rings. The summed E-state index contributed by atoms with van der Waals surface area (Å²) in [6.07, 6.45) is 0. The van der Waals surface area contributed by atoms with Gasteiger partial charge in [0.25, 0.3) is 0 Å². The van der Waals surface area contributed by atoms with Crippen molar-refractivity contribution in [2.45, 2.75) is 0 Å². The number of fused-ring (bicyclic) bond motifs is 6.